The molecule has 0 radical (unpaired) electrons. The Hall–Kier alpha value is -2.51. The zero-order valence-electron chi connectivity index (χ0n) is 12.4. The molecular formula is C15H16N2O6. The molecule has 0 bridgehead atoms. The predicted octanol–water partition coefficient (Wildman–Crippen LogP) is -0.0651. The third-order valence-electron chi connectivity index (χ3n) is 4.40. The predicted molar refractivity (Wildman–Crippen MR) is 73.9 cm³/mol. The fourth-order valence-electron chi connectivity index (χ4n) is 3.15. The Morgan fingerprint density at radius 1 is 1.04 bits per heavy atom. The fraction of sp³-hybridized carbons (Fsp3) is 0.533. The van der Waals surface area contributed by atoms with E-state index in [0.717, 1.165) is 4.90 Å². The summed E-state index contributed by atoms with van der Waals surface area (Å²) in [6, 6.07) is 0. The number of amides is 4. The minimum absolute atomic E-state index is 0.0188. The van der Waals surface area contributed by atoms with Gasteiger partial charge in [0.1, 0.15) is 0 Å². The van der Waals surface area contributed by atoms with Crippen LogP contribution in [-0.2, 0) is 28.8 Å². The molecule has 23 heavy (non-hydrogen) atoms. The van der Waals surface area contributed by atoms with E-state index in [1.54, 1.807) is 0 Å². The summed E-state index contributed by atoms with van der Waals surface area (Å²) in [5, 5.41) is 0.549. The summed E-state index contributed by atoms with van der Waals surface area (Å²) in [4.78, 5) is 64.1. The van der Waals surface area contributed by atoms with Crippen LogP contribution in [0, 0.1) is 11.8 Å². The van der Waals surface area contributed by atoms with Crippen LogP contribution in [0.2, 0.25) is 0 Å². The van der Waals surface area contributed by atoms with Gasteiger partial charge < -0.3 is 4.84 Å². The summed E-state index contributed by atoms with van der Waals surface area (Å²) >= 11 is 0. The average molecular weight is 320 g/mol. The van der Waals surface area contributed by atoms with Crippen LogP contribution >= 0.6 is 0 Å². The Morgan fingerprint density at radius 3 is 2.26 bits per heavy atom. The van der Waals surface area contributed by atoms with Crippen molar-refractivity contribution in [2.24, 2.45) is 11.8 Å². The molecule has 4 amide bonds. The number of imide groups is 2. The van der Waals surface area contributed by atoms with Gasteiger partial charge >= 0.3 is 5.97 Å². The third kappa shape index (κ3) is 3.01. The number of hydrogen-bond donors (Lipinski definition) is 0. The van der Waals surface area contributed by atoms with Gasteiger partial charge in [0.05, 0.1) is 5.92 Å². The molecule has 2 atom stereocenters. The van der Waals surface area contributed by atoms with Gasteiger partial charge in [0.2, 0.25) is 0 Å². The fourth-order valence-corrected chi connectivity index (χ4v) is 3.15. The van der Waals surface area contributed by atoms with Gasteiger partial charge in [0.25, 0.3) is 23.6 Å². The molecule has 3 rings (SSSR count). The van der Waals surface area contributed by atoms with E-state index in [9.17, 15) is 24.0 Å². The van der Waals surface area contributed by atoms with E-state index < -0.39 is 23.7 Å². The van der Waals surface area contributed by atoms with Gasteiger partial charge in [0.15, 0.2) is 0 Å². The second-order valence-corrected chi connectivity index (χ2v) is 5.99. The summed E-state index contributed by atoms with van der Waals surface area (Å²) in [6.07, 6.45) is 4.27. The summed E-state index contributed by atoms with van der Waals surface area (Å²) < 4.78 is 0. The molecule has 8 nitrogen and oxygen atoms in total. The van der Waals surface area contributed by atoms with Crippen LogP contribution in [-0.4, -0.2) is 46.1 Å². The van der Waals surface area contributed by atoms with E-state index in [2.05, 4.69) is 0 Å². The van der Waals surface area contributed by atoms with Crippen molar-refractivity contribution < 1.29 is 28.8 Å². The van der Waals surface area contributed by atoms with E-state index >= 15 is 0 Å². The van der Waals surface area contributed by atoms with Gasteiger partial charge in [0, 0.05) is 31.5 Å². The van der Waals surface area contributed by atoms with Crippen molar-refractivity contribution in [3.63, 3.8) is 0 Å². The molecule has 122 valence electrons. The van der Waals surface area contributed by atoms with Crippen molar-refractivity contribution in [1.29, 1.82) is 0 Å². The van der Waals surface area contributed by atoms with Crippen LogP contribution in [0.4, 0.5) is 0 Å². The van der Waals surface area contributed by atoms with Crippen molar-refractivity contribution in [2.75, 3.05) is 6.54 Å². The minimum atomic E-state index is -0.603. The SMILES string of the molecule is O=C(ON1C(=O)CCC1=O)C1CCC(CN2C(=O)C=CC2=O)C1. The maximum Gasteiger partial charge on any atom is 0.336 e. The first-order chi connectivity index (χ1) is 11.0. The lowest BCUT2D eigenvalue weighted by Crippen LogP contribution is -2.35. The van der Waals surface area contributed by atoms with Crippen LogP contribution in [0.5, 0.6) is 0 Å². The molecule has 0 spiro atoms. The Kier molecular flexibility index (Phi) is 3.97. The number of hydroxylamine groups is 2. The summed E-state index contributed by atoms with van der Waals surface area (Å²) in [5.74, 6) is -2.70. The highest BCUT2D eigenvalue weighted by molar-refractivity contribution is 6.12. The molecule has 2 fully saturated rings. The lowest BCUT2D eigenvalue weighted by Gasteiger charge is -2.19. The number of carbonyl (C=O) groups is 5. The first-order valence-corrected chi connectivity index (χ1v) is 7.57. The number of rotatable bonds is 4. The van der Waals surface area contributed by atoms with E-state index in [-0.39, 0.29) is 37.1 Å². The molecule has 2 heterocycles. The molecule has 0 N–H and O–H groups in total. The number of hydrogen-bond acceptors (Lipinski definition) is 6. The molecule has 0 aromatic heterocycles. The highest BCUT2D eigenvalue weighted by Crippen LogP contribution is 2.33. The lowest BCUT2D eigenvalue weighted by atomic mass is 10.0. The first-order valence-electron chi connectivity index (χ1n) is 7.57. The van der Waals surface area contributed by atoms with Crippen molar-refractivity contribution in [2.45, 2.75) is 32.1 Å². The third-order valence-corrected chi connectivity index (χ3v) is 4.40. The average Bonchev–Trinajstić information content (AvgIpc) is 3.19. The Bertz CT molecular complexity index is 591. The molecule has 0 aromatic rings. The standard InChI is InChI=1S/C15H16N2O6/c18-11-3-4-12(19)16(11)8-9-1-2-10(7-9)15(22)23-17-13(20)5-6-14(17)21/h3-4,9-10H,1-2,5-8H2. The van der Waals surface area contributed by atoms with Crippen LogP contribution < -0.4 is 0 Å². The van der Waals surface area contributed by atoms with E-state index in [1.165, 1.54) is 12.2 Å². The molecule has 8 heteroatoms. The van der Waals surface area contributed by atoms with Crippen LogP contribution in [0.25, 0.3) is 0 Å². The maximum absolute atomic E-state index is 12.1. The van der Waals surface area contributed by atoms with E-state index in [4.69, 9.17) is 4.84 Å². The van der Waals surface area contributed by atoms with E-state index in [1.807, 2.05) is 0 Å². The first kappa shape index (κ1) is 15.4. The molecule has 1 aliphatic carbocycles. The monoisotopic (exact) mass is 320 g/mol. The maximum atomic E-state index is 12.1. The zero-order chi connectivity index (χ0) is 16.6. The highest BCUT2D eigenvalue weighted by atomic mass is 16.7. The largest absolute Gasteiger partial charge is 0.336 e. The normalized spacial score (nSPS) is 27.5. The number of carbonyl (C=O) groups excluding carboxylic acids is 5. The van der Waals surface area contributed by atoms with Gasteiger partial charge in [-0.15, -0.1) is 5.06 Å². The second-order valence-electron chi connectivity index (χ2n) is 5.99. The van der Waals surface area contributed by atoms with Crippen LogP contribution in [0.3, 0.4) is 0 Å². The van der Waals surface area contributed by atoms with Crippen LogP contribution in [0.15, 0.2) is 12.2 Å². The topological polar surface area (TPSA) is 101 Å². The quantitative estimate of drug-likeness (QED) is 0.672. The zero-order valence-corrected chi connectivity index (χ0v) is 12.4. The van der Waals surface area contributed by atoms with Gasteiger partial charge in [-0.25, -0.2) is 4.79 Å². The molecule has 2 aliphatic heterocycles. The van der Waals surface area contributed by atoms with Crippen molar-refractivity contribution in [1.82, 2.24) is 9.96 Å². The molecular weight excluding hydrogens is 304 g/mol. The molecule has 2 unspecified atom stereocenters. The molecule has 3 aliphatic rings. The number of nitrogens with zero attached hydrogens (tertiary/aromatic N) is 2. The molecule has 1 saturated carbocycles. The Labute approximate surface area is 132 Å². The summed E-state index contributed by atoms with van der Waals surface area (Å²) in [7, 11) is 0. The second kappa shape index (κ2) is 5.94. The smallest absolute Gasteiger partial charge is 0.330 e. The van der Waals surface area contributed by atoms with Crippen molar-refractivity contribution in [3.05, 3.63) is 12.2 Å². The summed E-state index contributed by atoms with van der Waals surface area (Å²) in [6.45, 7) is 0.274. The van der Waals surface area contributed by atoms with Gasteiger partial charge in [-0.3, -0.25) is 24.1 Å². The van der Waals surface area contributed by atoms with E-state index in [0.29, 0.717) is 24.3 Å². The molecule has 1 saturated heterocycles. The van der Waals surface area contributed by atoms with Crippen molar-refractivity contribution in [3.8, 4) is 0 Å². The van der Waals surface area contributed by atoms with Gasteiger partial charge in [-0.2, -0.15) is 0 Å². The Balaban J connectivity index is 1.52. The molecule has 0 aromatic carbocycles. The van der Waals surface area contributed by atoms with Gasteiger partial charge in [-0.1, -0.05) is 0 Å². The highest BCUT2D eigenvalue weighted by Gasteiger charge is 2.38. The Morgan fingerprint density at radius 2 is 1.65 bits per heavy atom. The van der Waals surface area contributed by atoms with Gasteiger partial charge in [-0.05, 0) is 25.2 Å². The van der Waals surface area contributed by atoms with Crippen molar-refractivity contribution >= 4 is 29.6 Å². The van der Waals surface area contributed by atoms with Crippen LogP contribution in [0.1, 0.15) is 32.1 Å². The minimum Gasteiger partial charge on any atom is -0.330 e. The summed E-state index contributed by atoms with van der Waals surface area (Å²) in [5.41, 5.74) is 0. The lowest BCUT2D eigenvalue weighted by molar-refractivity contribution is -0.200.